The van der Waals surface area contributed by atoms with Crippen LogP contribution in [0.1, 0.15) is 12.5 Å². The van der Waals surface area contributed by atoms with Crippen molar-refractivity contribution in [1.82, 2.24) is 19.9 Å². The molecule has 6 heteroatoms. The van der Waals surface area contributed by atoms with Crippen LogP contribution in [0.5, 0.6) is 0 Å². The molecular formula is C11H12ClFN4. The Morgan fingerprint density at radius 3 is 3.24 bits per heavy atom. The van der Waals surface area contributed by atoms with Crippen molar-refractivity contribution in [2.75, 3.05) is 13.1 Å². The van der Waals surface area contributed by atoms with Crippen LogP contribution in [0.25, 0.3) is 11.0 Å². The first-order valence-electron chi connectivity index (χ1n) is 5.59. The Balaban J connectivity index is 2.07. The molecule has 2 aromatic rings. The van der Waals surface area contributed by atoms with Crippen LogP contribution < -0.4 is 5.32 Å². The van der Waals surface area contributed by atoms with Gasteiger partial charge in [0.05, 0.1) is 6.04 Å². The molecule has 2 atom stereocenters. The number of halogens is 2. The number of aromatic nitrogens is 3. The highest BCUT2D eigenvalue weighted by atomic mass is 35.5. The average Bonchev–Trinajstić information content (AvgIpc) is 2.72. The van der Waals surface area contributed by atoms with E-state index in [1.807, 2.05) is 16.8 Å². The van der Waals surface area contributed by atoms with Gasteiger partial charge in [-0.15, -0.1) is 0 Å². The van der Waals surface area contributed by atoms with Crippen LogP contribution >= 0.6 is 11.6 Å². The number of rotatable bonds is 1. The van der Waals surface area contributed by atoms with Crippen molar-refractivity contribution in [2.45, 2.75) is 18.6 Å². The fourth-order valence-corrected chi connectivity index (χ4v) is 2.43. The van der Waals surface area contributed by atoms with E-state index in [1.165, 1.54) is 0 Å². The van der Waals surface area contributed by atoms with Crippen LogP contribution in [0.15, 0.2) is 18.5 Å². The highest BCUT2D eigenvalue weighted by molar-refractivity contribution is 6.28. The van der Waals surface area contributed by atoms with Gasteiger partial charge in [-0.05, 0) is 30.6 Å². The van der Waals surface area contributed by atoms with Gasteiger partial charge in [0.1, 0.15) is 11.8 Å². The third-order valence-corrected chi connectivity index (χ3v) is 3.34. The van der Waals surface area contributed by atoms with E-state index in [2.05, 4.69) is 15.3 Å². The molecule has 0 radical (unpaired) electrons. The summed E-state index contributed by atoms with van der Waals surface area (Å²) in [6, 6.07) is 1.72. The zero-order valence-electron chi connectivity index (χ0n) is 9.11. The fourth-order valence-electron chi connectivity index (χ4n) is 2.30. The minimum atomic E-state index is -0.895. The van der Waals surface area contributed by atoms with Gasteiger partial charge in [-0.2, -0.15) is 4.98 Å². The van der Waals surface area contributed by atoms with Crippen LogP contribution in [-0.2, 0) is 0 Å². The van der Waals surface area contributed by atoms with Crippen LogP contribution in [0, 0.1) is 0 Å². The number of nitrogens with one attached hydrogen (secondary N) is 1. The Morgan fingerprint density at radius 2 is 2.41 bits per heavy atom. The molecule has 0 spiro atoms. The molecule has 3 heterocycles. The van der Waals surface area contributed by atoms with E-state index in [-0.39, 0.29) is 11.3 Å². The van der Waals surface area contributed by atoms with Crippen molar-refractivity contribution in [3.8, 4) is 0 Å². The van der Waals surface area contributed by atoms with E-state index >= 15 is 0 Å². The Hall–Kier alpha value is -1.20. The highest BCUT2D eigenvalue weighted by Gasteiger charge is 2.27. The molecule has 1 aliphatic heterocycles. The van der Waals surface area contributed by atoms with Gasteiger partial charge in [0.15, 0.2) is 0 Å². The SMILES string of the molecule is F[C@@H]1CNCC[C@@H]1n1ccc2cnc(Cl)nc21. The summed E-state index contributed by atoms with van der Waals surface area (Å²) >= 11 is 5.78. The van der Waals surface area contributed by atoms with E-state index in [0.29, 0.717) is 12.2 Å². The smallest absolute Gasteiger partial charge is 0.224 e. The molecule has 90 valence electrons. The van der Waals surface area contributed by atoms with Crippen LogP contribution in [-0.4, -0.2) is 33.8 Å². The number of hydrogen-bond donors (Lipinski definition) is 1. The summed E-state index contributed by atoms with van der Waals surface area (Å²) in [6.45, 7) is 1.22. The van der Waals surface area contributed by atoms with Gasteiger partial charge in [0, 0.05) is 24.3 Å². The molecule has 1 fully saturated rings. The van der Waals surface area contributed by atoms with Crippen molar-refractivity contribution >= 4 is 22.6 Å². The molecule has 0 aliphatic carbocycles. The molecule has 1 saturated heterocycles. The van der Waals surface area contributed by atoms with Gasteiger partial charge < -0.3 is 9.88 Å². The van der Waals surface area contributed by atoms with Crippen molar-refractivity contribution in [1.29, 1.82) is 0 Å². The van der Waals surface area contributed by atoms with E-state index in [0.717, 1.165) is 18.4 Å². The van der Waals surface area contributed by atoms with Crippen molar-refractivity contribution in [3.63, 3.8) is 0 Å². The highest BCUT2D eigenvalue weighted by Crippen LogP contribution is 2.26. The van der Waals surface area contributed by atoms with Crippen LogP contribution in [0.4, 0.5) is 4.39 Å². The molecule has 3 rings (SSSR count). The van der Waals surface area contributed by atoms with E-state index in [4.69, 9.17) is 11.6 Å². The van der Waals surface area contributed by atoms with Gasteiger partial charge in [-0.3, -0.25) is 0 Å². The molecule has 0 unspecified atom stereocenters. The number of nitrogens with zero attached hydrogens (tertiary/aromatic N) is 3. The number of piperidine rings is 1. The lowest BCUT2D eigenvalue weighted by atomic mass is 10.0. The summed E-state index contributed by atoms with van der Waals surface area (Å²) in [5.74, 6) is 0. The maximum Gasteiger partial charge on any atom is 0.224 e. The zero-order chi connectivity index (χ0) is 11.8. The first kappa shape index (κ1) is 10.9. The lowest BCUT2D eigenvalue weighted by molar-refractivity contribution is 0.187. The summed E-state index contributed by atoms with van der Waals surface area (Å²) < 4.78 is 15.7. The van der Waals surface area contributed by atoms with E-state index in [9.17, 15) is 4.39 Å². The zero-order valence-corrected chi connectivity index (χ0v) is 9.86. The summed E-state index contributed by atoms with van der Waals surface area (Å²) in [5, 5.41) is 4.12. The van der Waals surface area contributed by atoms with Gasteiger partial charge in [-0.1, -0.05) is 0 Å². The molecule has 17 heavy (non-hydrogen) atoms. The van der Waals surface area contributed by atoms with Crippen LogP contribution in [0.3, 0.4) is 0 Å². The largest absolute Gasteiger partial charge is 0.326 e. The molecule has 0 saturated carbocycles. The first-order valence-corrected chi connectivity index (χ1v) is 5.97. The summed E-state index contributed by atoms with van der Waals surface area (Å²) in [7, 11) is 0. The first-order chi connectivity index (χ1) is 8.25. The lowest BCUT2D eigenvalue weighted by Gasteiger charge is -2.28. The monoisotopic (exact) mass is 254 g/mol. The number of fused-ring (bicyclic) bond motifs is 1. The predicted octanol–water partition coefficient (Wildman–Crippen LogP) is 1.96. The lowest BCUT2D eigenvalue weighted by Crippen LogP contribution is -2.39. The quantitative estimate of drug-likeness (QED) is 0.791. The third-order valence-electron chi connectivity index (χ3n) is 3.16. The Bertz CT molecular complexity index is 541. The summed E-state index contributed by atoms with van der Waals surface area (Å²) in [6.07, 6.45) is 3.38. The minimum absolute atomic E-state index is 0.167. The Kier molecular flexibility index (Phi) is 2.72. The van der Waals surface area contributed by atoms with Crippen molar-refractivity contribution < 1.29 is 4.39 Å². The predicted molar refractivity (Wildman–Crippen MR) is 64.0 cm³/mol. The summed E-state index contributed by atoms with van der Waals surface area (Å²) in [4.78, 5) is 8.10. The van der Waals surface area contributed by atoms with Crippen molar-refractivity contribution in [2.24, 2.45) is 0 Å². The average molecular weight is 255 g/mol. The number of hydrogen-bond acceptors (Lipinski definition) is 3. The van der Waals surface area contributed by atoms with Crippen LogP contribution in [0.2, 0.25) is 5.28 Å². The molecule has 1 aliphatic rings. The molecule has 0 bridgehead atoms. The molecule has 1 N–H and O–H groups in total. The van der Waals surface area contributed by atoms with E-state index < -0.39 is 6.17 Å². The summed E-state index contributed by atoms with van der Waals surface area (Å²) in [5.41, 5.74) is 0.708. The Labute approximate surface area is 103 Å². The topological polar surface area (TPSA) is 42.7 Å². The normalized spacial score (nSPS) is 25.3. The third kappa shape index (κ3) is 1.89. The second-order valence-electron chi connectivity index (χ2n) is 4.22. The van der Waals surface area contributed by atoms with Gasteiger partial charge in [0.2, 0.25) is 5.28 Å². The fraction of sp³-hybridized carbons (Fsp3) is 0.455. The molecular weight excluding hydrogens is 243 g/mol. The van der Waals surface area contributed by atoms with Crippen molar-refractivity contribution in [3.05, 3.63) is 23.7 Å². The van der Waals surface area contributed by atoms with Gasteiger partial charge >= 0.3 is 0 Å². The molecule has 4 nitrogen and oxygen atoms in total. The van der Waals surface area contributed by atoms with Gasteiger partial charge in [0.25, 0.3) is 0 Å². The minimum Gasteiger partial charge on any atom is -0.326 e. The van der Waals surface area contributed by atoms with Gasteiger partial charge in [-0.25, -0.2) is 9.37 Å². The maximum absolute atomic E-state index is 13.9. The second kappa shape index (κ2) is 4.23. The molecule has 0 aromatic carbocycles. The standard InChI is InChI=1S/C11H12ClFN4/c12-11-15-5-7-2-4-17(10(7)16-11)9-1-3-14-6-8(9)13/h2,4-5,8-9,14H,1,3,6H2/t8-,9+/m1/s1. The number of alkyl halides is 1. The molecule has 2 aromatic heterocycles. The van der Waals surface area contributed by atoms with E-state index in [1.54, 1.807) is 6.20 Å². The second-order valence-corrected chi connectivity index (χ2v) is 4.56. The Morgan fingerprint density at radius 1 is 1.53 bits per heavy atom. The maximum atomic E-state index is 13.9. The molecule has 0 amide bonds.